The fourth-order valence-electron chi connectivity index (χ4n) is 1.74. The van der Waals surface area contributed by atoms with Crippen molar-refractivity contribution in [3.63, 3.8) is 0 Å². The number of nitrogens with zero attached hydrogens (tertiary/aromatic N) is 2. The highest BCUT2D eigenvalue weighted by molar-refractivity contribution is 5.36. The molecule has 0 radical (unpaired) electrons. The molecule has 1 N–H and O–H groups in total. The Bertz CT molecular complexity index is 459. The van der Waals surface area contributed by atoms with Gasteiger partial charge in [-0.2, -0.15) is 0 Å². The number of hydrogen-bond donors (Lipinski definition) is 1. The second-order valence-electron chi connectivity index (χ2n) is 3.86. The molecule has 1 aromatic carbocycles. The van der Waals surface area contributed by atoms with Crippen molar-refractivity contribution in [2.45, 2.75) is 26.4 Å². The van der Waals surface area contributed by atoms with Gasteiger partial charge in [0.1, 0.15) is 5.82 Å². The minimum absolute atomic E-state index is 0.363. The molecule has 3 nitrogen and oxygen atoms in total. The van der Waals surface area contributed by atoms with E-state index in [-0.39, 0.29) is 6.10 Å². The molecule has 0 saturated carbocycles. The summed E-state index contributed by atoms with van der Waals surface area (Å²) in [5, 5.41) is 9.69. The van der Waals surface area contributed by atoms with E-state index in [0.717, 1.165) is 23.5 Å². The van der Waals surface area contributed by atoms with E-state index in [1.54, 1.807) is 6.20 Å². The molecule has 84 valence electrons. The summed E-state index contributed by atoms with van der Waals surface area (Å²) in [6.45, 7) is 3.94. The van der Waals surface area contributed by atoms with E-state index in [9.17, 15) is 5.11 Å². The van der Waals surface area contributed by atoms with Crippen LogP contribution in [0.5, 0.6) is 0 Å². The van der Waals surface area contributed by atoms with Crippen molar-refractivity contribution in [3.05, 3.63) is 48.0 Å². The maximum atomic E-state index is 9.69. The molecule has 1 aromatic heterocycles. The lowest BCUT2D eigenvalue weighted by atomic mass is 10.1. The van der Waals surface area contributed by atoms with Gasteiger partial charge in [0.15, 0.2) is 0 Å². The zero-order chi connectivity index (χ0) is 11.5. The lowest BCUT2D eigenvalue weighted by Gasteiger charge is -2.10. The first-order chi connectivity index (χ1) is 7.72. The standard InChI is InChI=1S/C13H16N2O/c1-3-13(16)11-4-6-12(7-5-11)15-9-8-14-10(15)2/h4-9,13,16H,3H2,1-2H3. The fourth-order valence-corrected chi connectivity index (χ4v) is 1.74. The van der Waals surface area contributed by atoms with E-state index < -0.39 is 0 Å². The lowest BCUT2D eigenvalue weighted by Crippen LogP contribution is -1.98. The number of hydrogen-bond acceptors (Lipinski definition) is 2. The second kappa shape index (κ2) is 4.49. The molecular weight excluding hydrogens is 200 g/mol. The van der Waals surface area contributed by atoms with Gasteiger partial charge in [-0.1, -0.05) is 19.1 Å². The van der Waals surface area contributed by atoms with E-state index in [1.807, 2.05) is 48.9 Å². The topological polar surface area (TPSA) is 38.0 Å². The molecular formula is C13H16N2O. The molecule has 2 rings (SSSR count). The Hall–Kier alpha value is -1.61. The molecule has 1 heterocycles. The Morgan fingerprint density at radius 1 is 1.31 bits per heavy atom. The minimum Gasteiger partial charge on any atom is -0.388 e. The third-order valence-electron chi connectivity index (χ3n) is 2.77. The first kappa shape index (κ1) is 10.9. The SMILES string of the molecule is CCC(O)c1ccc(-n2ccnc2C)cc1. The van der Waals surface area contributed by atoms with Crippen LogP contribution in [0.4, 0.5) is 0 Å². The number of rotatable bonds is 3. The molecule has 0 saturated heterocycles. The molecule has 0 aliphatic heterocycles. The second-order valence-corrected chi connectivity index (χ2v) is 3.86. The number of aliphatic hydroxyl groups is 1. The van der Waals surface area contributed by atoms with Crippen LogP contribution in [0.3, 0.4) is 0 Å². The molecule has 16 heavy (non-hydrogen) atoms. The van der Waals surface area contributed by atoms with Crippen LogP contribution in [0.25, 0.3) is 5.69 Å². The van der Waals surface area contributed by atoms with Crippen LogP contribution in [0.2, 0.25) is 0 Å². The van der Waals surface area contributed by atoms with E-state index in [4.69, 9.17) is 0 Å². The van der Waals surface area contributed by atoms with Crippen molar-refractivity contribution < 1.29 is 5.11 Å². The van der Waals surface area contributed by atoms with E-state index >= 15 is 0 Å². The molecule has 2 aromatic rings. The monoisotopic (exact) mass is 216 g/mol. The first-order valence-corrected chi connectivity index (χ1v) is 5.50. The fraction of sp³-hybridized carbons (Fsp3) is 0.308. The predicted molar refractivity (Wildman–Crippen MR) is 63.6 cm³/mol. The molecule has 0 spiro atoms. The summed E-state index contributed by atoms with van der Waals surface area (Å²) in [4.78, 5) is 4.18. The summed E-state index contributed by atoms with van der Waals surface area (Å²) in [6.07, 6.45) is 4.09. The summed E-state index contributed by atoms with van der Waals surface area (Å²) in [7, 11) is 0. The zero-order valence-corrected chi connectivity index (χ0v) is 9.59. The summed E-state index contributed by atoms with van der Waals surface area (Å²) in [5.41, 5.74) is 2.03. The summed E-state index contributed by atoms with van der Waals surface area (Å²) in [6, 6.07) is 7.93. The smallest absolute Gasteiger partial charge is 0.110 e. The predicted octanol–water partition coefficient (Wildman–Crippen LogP) is 2.62. The van der Waals surface area contributed by atoms with E-state index in [0.29, 0.717) is 0 Å². The Morgan fingerprint density at radius 2 is 2.00 bits per heavy atom. The Balaban J connectivity index is 2.30. The van der Waals surface area contributed by atoms with Crippen LogP contribution in [-0.2, 0) is 0 Å². The summed E-state index contributed by atoms with van der Waals surface area (Å²) >= 11 is 0. The molecule has 1 atom stereocenters. The van der Waals surface area contributed by atoms with Crippen LogP contribution in [0, 0.1) is 6.92 Å². The van der Waals surface area contributed by atoms with Crippen molar-refractivity contribution in [3.8, 4) is 5.69 Å². The van der Waals surface area contributed by atoms with Crippen LogP contribution in [0.1, 0.15) is 30.8 Å². The molecule has 3 heteroatoms. The van der Waals surface area contributed by atoms with Crippen LogP contribution in [0.15, 0.2) is 36.7 Å². The number of aryl methyl sites for hydroxylation is 1. The Kier molecular flexibility index (Phi) is 3.06. The van der Waals surface area contributed by atoms with Crippen molar-refractivity contribution >= 4 is 0 Å². The van der Waals surface area contributed by atoms with Crippen molar-refractivity contribution in [2.75, 3.05) is 0 Å². The average Bonchev–Trinajstić information content (AvgIpc) is 2.75. The highest BCUT2D eigenvalue weighted by Gasteiger charge is 2.05. The average molecular weight is 216 g/mol. The van der Waals surface area contributed by atoms with Gasteiger partial charge < -0.3 is 9.67 Å². The highest BCUT2D eigenvalue weighted by Crippen LogP contribution is 2.18. The van der Waals surface area contributed by atoms with Crippen molar-refractivity contribution in [1.82, 2.24) is 9.55 Å². The number of imidazole rings is 1. The molecule has 0 aliphatic rings. The molecule has 0 aliphatic carbocycles. The maximum Gasteiger partial charge on any atom is 0.110 e. The van der Waals surface area contributed by atoms with Gasteiger partial charge >= 0.3 is 0 Å². The lowest BCUT2D eigenvalue weighted by molar-refractivity contribution is 0.173. The van der Waals surface area contributed by atoms with Crippen LogP contribution in [-0.4, -0.2) is 14.7 Å². The Morgan fingerprint density at radius 3 is 2.50 bits per heavy atom. The third kappa shape index (κ3) is 1.99. The molecule has 0 fully saturated rings. The Labute approximate surface area is 95.4 Å². The third-order valence-corrected chi connectivity index (χ3v) is 2.77. The number of aliphatic hydroxyl groups excluding tert-OH is 1. The minimum atomic E-state index is -0.363. The van der Waals surface area contributed by atoms with Gasteiger partial charge in [0.2, 0.25) is 0 Å². The van der Waals surface area contributed by atoms with Crippen LogP contribution < -0.4 is 0 Å². The van der Waals surface area contributed by atoms with Crippen molar-refractivity contribution in [1.29, 1.82) is 0 Å². The van der Waals surface area contributed by atoms with E-state index in [2.05, 4.69) is 4.98 Å². The zero-order valence-electron chi connectivity index (χ0n) is 9.59. The van der Waals surface area contributed by atoms with E-state index in [1.165, 1.54) is 0 Å². The number of benzene rings is 1. The summed E-state index contributed by atoms with van der Waals surface area (Å²) in [5.74, 6) is 0.962. The highest BCUT2D eigenvalue weighted by atomic mass is 16.3. The largest absolute Gasteiger partial charge is 0.388 e. The van der Waals surface area contributed by atoms with Gasteiger partial charge in [-0.15, -0.1) is 0 Å². The maximum absolute atomic E-state index is 9.69. The normalized spacial score (nSPS) is 12.7. The summed E-state index contributed by atoms with van der Waals surface area (Å²) < 4.78 is 2.02. The van der Waals surface area contributed by atoms with Gasteiger partial charge in [0, 0.05) is 18.1 Å². The van der Waals surface area contributed by atoms with Gasteiger partial charge in [-0.3, -0.25) is 0 Å². The molecule has 0 amide bonds. The van der Waals surface area contributed by atoms with Gasteiger partial charge in [-0.25, -0.2) is 4.98 Å². The van der Waals surface area contributed by atoms with Gasteiger partial charge in [-0.05, 0) is 31.0 Å². The van der Waals surface area contributed by atoms with Gasteiger partial charge in [0.05, 0.1) is 6.10 Å². The molecule has 1 unspecified atom stereocenters. The van der Waals surface area contributed by atoms with Crippen LogP contribution >= 0.6 is 0 Å². The van der Waals surface area contributed by atoms with Gasteiger partial charge in [0.25, 0.3) is 0 Å². The first-order valence-electron chi connectivity index (χ1n) is 5.50. The quantitative estimate of drug-likeness (QED) is 0.856. The molecule has 0 bridgehead atoms. The van der Waals surface area contributed by atoms with Crippen molar-refractivity contribution in [2.24, 2.45) is 0 Å². The number of aromatic nitrogens is 2.